The number of ether oxygens (including phenoxy) is 1. The first-order valence-electron chi connectivity index (χ1n) is 7.73. The first-order chi connectivity index (χ1) is 11.3. The molecule has 2 saturated heterocycles. The molecule has 0 aliphatic carbocycles. The third-order valence-electron chi connectivity index (χ3n) is 4.53. The Kier molecular flexibility index (Phi) is 4.04. The number of rotatable bonds is 2. The van der Waals surface area contributed by atoms with Gasteiger partial charge < -0.3 is 14.5 Å². The topological polar surface area (TPSA) is 58.6 Å². The molecule has 4 heterocycles. The molecule has 0 bridgehead atoms. The van der Waals surface area contributed by atoms with E-state index in [0.29, 0.717) is 25.4 Å². The van der Waals surface area contributed by atoms with E-state index in [1.54, 1.807) is 16.7 Å². The molecule has 0 radical (unpaired) electrons. The Bertz CT molecular complexity index is 657. The van der Waals surface area contributed by atoms with E-state index in [1.807, 2.05) is 4.90 Å². The number of carbonyl (C=O) groups excluding carboxylic acids is 1. The number of anilines is 1. The smallest absolute Gasteiger partial charge is 0.275 e. The molecule has 1 unspecified atom stereocenters. The van der Waals surface area contributed by atoms with Gasteiger partial charge in [0, 0.05) is 36.1 Å². The monoisotopic (exact) mass is 350 g/mol. The minimum Gasteiger partial charge on any atom is -0.369 e. The van der Waals surface area contributed by atoms with Crippen LogP contribution in [-0.2, 0) is 4.74 Å². The van der Waals surface area contributed by atoms with Crippen molar-refractivity contribution in [3.8, 4) is 0 Å². The highest BCUT2D eigenvalue weighted by atomic mass is 32.1. The lowest BCUT2D eigenvalue weighted by atomic mass is 9.90. The number of morpholine rings is 1. The quantitative estimate of drug-likeness (QED) is 0.830. The van der Waals surface area contributed by atoms with Gasteiger partial charge >= 0.3 is 0 Å². The van der Waals surface area contributed by atoms with Crippen LogP contribution in [0.15, 0.2) is 22.2 Å². The first-order valence-corrected chi connectivity index (χ1v) is 9.51. The second-order valence-electron chi connectivity index (χ2n) is 6.05. The molecule has 2 fully saturated rings. The normalized spacial score (nSPS) is 25.0. The Labute approximate surface area is 142 Å². The lowest BCUT2D eigenvalue weighted by molar-refractivity contribution is -0.105. The molecule has 122 valence electrons. The van der Waals surface area contributed by atoms with Crippen molar-refractivity contribution in [2.24, 2.45) is 0 Å². The molecule has 1 atom stereocenters. The van der Waals surface area contributed by atoms with E-state index in [0.717, 1.165) is 25.9 Å². The Balaban J connectivity index is 1.50. The molecule has 6 nitrogen and oxygen atoms in total. The lowest BCUT2D eigenvalue weighted by Gasteiger charge is -2.48. The molecule has 0 N–H and O–H groups in total. The van der Waals surface area contributed by atoms with E-state index in [9.17, 15) is 4.79 Å². The number of piperidine rings is 1. The summed E-state index contributed by atoms with van der Waals surface area (Å²) in [5.41, 5.74) is 1.43. The summed E-state index contributed by atoms with van der Waals surface area (Å²) in [7, 11) is 0. The summed E-state index contributed by atoms with van der Waals surface area (Å²) in [4.78, 5) is 16.8. The van der Waals surface area contributed by atoms with Crippen molar-refractivity contribution < 1.29 is 9.53 Å². The Morgan fingerprint density at radius 1 is 1.30 bits per heavy atom. The number of hydrogen-bond acceptors (Lipinski definition) is 7. The van der Waals surface area contributed by atoms with Crippen LogP contribution in [0.2, 0.25) is 0 Å². The molecule has 2 aliphatic rings. The minimum absolute atomic E-state index is 0.0333. The van der Waals surface area contributed by atoms with Crippen LogP contribution in [0.5, 0.6) is 0 Å². The fourth-order valence-electron chi connectivity index (χ4n) is 3.44. The third-order valence-corrected chi connectivity index (χ3v) is 5.70. The van der Waals surface area contributed by atoms with Crippen molar-refractivity contribution in [1.29, 1.82) is 0 Å². The van der Waals surface area contributed by atoms with E-state index in [-0.39, 0.29) is 11.5 Å². The van der Waals surface area contributed by atoms with Gasteiger partial charge in [0.2, 0.25) is 0 Å². The summed E-state index contributed by atoms with van der Waals surface area (Å²) in [5, 5.41) is 9.89. The predicted octanol–water partition coefficient (Wildman–Crippen LogP) is 2.11. The molecule has 23 heavy (non-hydrogen) atoms. The summed E-state index contributed by atoms with van der Waals surface area (Å²) in [6.07, 6.45) is 2.07. The maximum Gasteiger partial charge on any atom is 0.275 e. The van der Waals surface area contributed by atoms with Crippen LogP contribution in [0.3, 0.4) is 0 Å². The van der Waals surface area contributed by atoms with E-state index in [2.05, 4.69) is 31.3 Å². The summed E-state index contributed by atoms with van der Waals surface area (Å²) in [6, 6.07) is 2.15. The molecule has 4 rings (SSSR count). The zero-order valence-corrected chi connectivity index (χ0v) is 14.3. The lowest BCUT2D eigenvalue weighted by Crippen LogP contribution is -2.60. The predicted molar refractivity (Wildman–Crippen MR) is 90.3 cm³/mol. The largest absolute Gasteiger partial charge is 0.369 e. The number of hydrogen-bond donors (Lipinski definition) is 0. The van der Waals surface area contributed by atoms with Crippen molar-refractivity contribution >= 4 is 34.5 Å². The summed E-state index contributed by atoms with van der Waals surface area (Å²) < 4.78 is 9.96. The molecular formula is C15H18N4O2S2. The second kappa shape index (κ2) is 6.18. The molecule has 2 aromatic rings. The van der Waals surface area contributed by atoms with E-state index in [4.69, 9.17) is 4.74 Å². The van der Waals surface area contributed by atoms with Gasteiger partial charge in [-0.05, 0) is 35.8 Å². The van der Waals surface area contributed by atoms with E-state index in [1.165, 1.54) is 17.2 Å². The molecule has 1 amide bonds. The average Bonchev–Trinajstić information content (AvgIpc) is 3.28. The van der Waals surface area contributed by atoms with Gasteiger partial charge in [0.1, 0.15) is 5.60 Å². The van der Waals surface area contributed by atoms with Crippen LogP contribution in [0, 0.1) is 0 Å². The molecule has 1 spiro atoms. The third kappa shape index (κ3) is 2.98. The summed E-state index contributed by atoms with van der Waals surface area (Å²) in [5.74, 6) is -0.0333. The van der Waals surface area contributed by atoms with Gasteiger partial charge in [-0.1, -0.05) is 4.49 Å². The molecular weight excluding hydrogens is 332 g/mol. The fraction of sp³-hybridized carbons (Fsp3) is 0.533. The van der Waals surface area contributed by atoms with Crippen LogP contribution >= 0.6 is 22.9 Å². The maximum atomic E-state index is 12.6. The number of thiophene rings is 1. The zero-order valence-electron chi connectivity index (χ0n) is 12.7. The van der Waals surface area contributed by atoms with Gasteiger partial charge in [-0.2, -0.15) is 11.3 Å². The minimum atomic E-state index is -0.266. The number of nitrogens with zero attached hydrogens (tertiary/aromatic N) is 4. The van der Waals surface area contributed by atoms with Gasteiger partial charge in [-0.15, -0.1) is 5.10 Å². The van der Waals surface area contributed by atoms with Crippen molar-refractivity contribution in [2.75, 3.05) is 37.7 Å². The highest BCUT2D eigenvalue weighted by Gasteiger charge is 2.42. The molecule has 2 aliphatic heterocycles. The van der Waals surface area contributed by atoms with Gasteiger partial charge in [0.15, 0.2) is 5.69 Å². The van der Waals surface area contributed by atoms with Crippen LogP contribution in [0.25, 0.3) is 0 Å². The summed E-state index contributed by atoms with van der Waals surface area (Å²) >= 11 is 2.92. The first kappa shape index (κ1) is 15.0. The molecule has 0 saturated carbocycles. The van der Waals surface area contributed by atoms with Crippen molar-refractivity contribution in [3.63, 3.8) is 0 Å². The Morgan fingerprint density at radius 2 is 2.26 bits per heavy atom. The van der Waals surface area contributed by atoms with E-state index >= 15 is 0 Å². The van der Waals surface area contributed by atoms with E-state index < -0.39 is 0 Å². The van der Waals surface area contributed by atoms with Crippen LogP contribution in [0.1, 0.15) is 23.3 Å². The highest BCUT2D eigenvalue weighted by molar-refractivity contribution is 7.08. The number of carbonyl (C=O) groups is 1. The Morgan fingerprint density at radius 3 is 3.04 bits per heavy atom. The van der Waals surface area contributed by atoms with Crippen molar-refractivity contribution in [2.45, 2.75) is 18.4 Å². The standard InChI is InChI=1S/C15H18N4O2S2/c20-14(13-9-23-17-16-13)19-5-6-21-15(11-19)3-1-4-18(10-15)12-2-7-22-8-12/h2,7-9H,1,3-6,10-11H2. The van der Waals surface area contributed by atoms with Crippen molar-refractivity contribution in [3.05, 3.63) is 27.9 Å². The second-order valence-corrected chi connectivity index (χ2v) is 7.44. The molecule has 8 heteroatoms. The fourth-order valence-corrected chi connectivity index (χ4v) is 4.53. The summed E-state index contributed by atoms with van der Waals surface area (Å²) in [6.45, 7) is 3.72. The van der Waals surface area contributed by atoms with Gasteiger partial charge in [0.25, 0.3) is 5.91 Å². The Hall–Kier alpha value is -1.51. The van der Waals surface area contributed by atoms with Crippen LogP contribution < -0.4 is 4.90 Å². The number of aromatic nitrogens is 2. The van der Waals surface area contributed by atoms with Gasteiger partial charge in [0.05, 0.1) is 13.2 Å². The van der Waals surface area contributed by atoms with Crippen LogP contribution in [0.4, 0.5) is 5.69 Å². The molecule has 2 aromatic heterocycles. The highest BCUT2D eigenvalue weighted by Crippen LogP contribution is 2.32. The average molecular weight is 350 g/mol. The number of amides is 1. The maximum absolute atomic E-state index is 12.6. The van der Waals surface area contributed by atoms with Crippen molar-refractivity contribution in [1.82, 2.24) is 14.5 Å². The van der Waals surface area contributed by atoms with Gasteiger partial charge in [-0.25, -0.2) is 0 Å². The SMILES string of the molecule is O=C(c1csnn1)N1CCOC2(CCCN(c3ccsc3)C2)C1. The van der Waals surface area contributed by atoms with Crippen LogP contribution in [-0.4, -0.2) is 58.8 Å². The van der Waals surface area contributed by atoms with Gasteiger partial charge in [-0.3, -0.25) is 4.79 Å². The molecule has 0 aromatic carbocycles. The zero-order chi connectivity index (χ0) is 15.7.